The molecule has 1 unspecified atom stereocenters. The number of hydrogen-bond donors (Lipinski definition) is 0. The Balaban J connectivity index is 1.48. The minimum atomic E-state index is -0.0281. The number of aryl methyl sites for hydroxylation is 2. The van der Waals surface area contributed by atoms with Crippen molar-refractivity contribution in [2.45, 2.75) is 33.6 Å². The topological polar surface area (TPSA) is 57.0 Å². The summed E-state index contributed by atoms with van der Waals surface area (Å²) in [7, 11) is 2.17. The van der Waals surface area contributed by atoms with Crippen molar-refractivity contribution in [3.05, 3.63) is 71.2 Å². The van der Waals surface area contributed by atoms with E-state index in [2.05, 4.69) is 53.0 Å². The van der Waals surface area contributed by atoms with Gasteiger partial charge in [-0.05, 0) is 70.0 Å². The van der Waals surface area contributed by atoms with Gasteiger partial charge >= 0.3 is 0 Å². The minimum Gasteiger partial charge on any atom is -0.369 e. The van der Waals surface area contributed by atoms with Gasteiger partial charge in [0, 0.05) is 37.6 Å². The number of rotatable bonds is 2. The molecule has 0 N–H and O–H groups in total. The molecule has 3 aliphatic rings. The summed E-state index contributed by atoms with van der Waals surface area (Å²) in [6.45, 7) is 10.2. The van der Waals surface area contributed by atoms with Crippen LogP contribution < -0.4 is 0 Å². The van der Waals surface area contributed by atoms with E-state index in [0.29, 0.717) is 0 Å². The molecule has 33 heavy (non-hydrogen) atoms. The van der Waals surface area contributed by atoms with Crippen LogP contribution in [0.3, 0.4) is 0 Å². The zero-order valence-corrected chi connectivity index (χ0v) is 20.0. The fraction of sp³-hybridized carbons (Fsp3) is 0.423. The van der Waals surface area contributed by atoms with Crippen molar-refractivity contribution in [1.29, 1.82) is 0 Å². The highest BCUT2D eigenvalue weighted by Crippen LogP contribution is 2.32. The van der Waals surface area contributed by atoms with Crippen molar-refractivity contribution in [1.82, 2.24) is 29.3 Å². The average Bonchev–Trinajstić information content (AvgIpc) is 3.08. The second kappa shape index (κ2) is 8.63. The molecule has 7 nitrogen and oxygen atoms in total. The second-order valence-corrected chi connectivity index (χ2v) is 9.43. The predicted molar refractivity (Wildman–Crippen MR) is 130 cm³/mol. The first kappa shape index (κ1) is 21.6. The van der Waals surface area contributed by atoms with Crippen LogP contribution in [0.1, 0.15) is 36.8 Å². The molecule has 0 saturated carbocycles. The third-order valence-corrected chi connectivity index (χ3v) is 6.83. The van der Waals surface area contributed by atoms with Gasteiger partial charge in [0.2, 0.25) is 0 Å². The summed E-state index contributed by atoms with van der Waals surface area (Å²) in [5.74, 6) is 0.155. The molecule has 1 saturated heterocycles. The quantitative estimate of drug-likeness (QED) is 0.709. The zero-order chi connectivity index (χ0) is 23.1. The van der Waals surface area contributed by atoms with Gasteiger partial charge in [-0.1, -0.05) is 13.0 Å². The number of likely N-dealkylation sites (N-methyl/N-ethyl adjacent to an activating group) is 1. The number of amides is 1. The van der Waals surface area contributed by atoms with E-state index in [1.54, 1.807) is 11.0 Å². The summed E-state index contributed by atoms with van der Waals surface area (Å²) in [6.07, 6.45) is 14.1. The number of hydrogen-bond acceptors (Lipinski definition) is 5. The third kappa shape index (κ3) is 4.25. The average molecular weight is 445 g/mol. The number of fused-ring (bicyclic) bond motifs is 2. The molecule has 1 amide bonds. The maximum Gasteiger partial charge on any atom is 0.255 e. The molecule has 0 spiro atoms. The number of carbonyl (C=O) groups is 1. The Morgan fingerprint density at radius 3 is 2.73 bits per heavy atom. The smallest absolute Gasteiger partial charge is 0.255 e. The number of aromatic nitrogens is 3. The Hall–Kier alpha value is -3.19. The number of nitrogens with zero attached hydrogens (tertiary/aromatic N) is 6. The summed E-state index contributed by atoms with van der Waals surface area (Å²) in [4.78, 5) is 24.6. The summed E-state index contributed by atoms with van der Waals surface area (Å²) in [6, 6.07) is 2.05. The van der Waals surface area contributed by atoms with Crippen LogP contribution in [-0.4, -0.2) is 68.4 Å². The zero-order valence-electron chi connectivity index (χ0n) is 20.0. The van der Waals surface area contributed by atoms with Gasteiger partial charge in [-0.25, -0.2) is 4.52 Å². The standard InChI is InChI=1S/C26H32N6O/c1-18-6-7-21-8-9-22(30-11-5-10-29(4)12-13-30)17-31(21)26(33)14-23(18)24-15-25-20(3)27-19(2)16-32(25)28-24/h7-9,14-18H,5-6,10-13H2,1-4H3. The molecule has 3 aliphatic heterocycles. The highest BCUT2D eigenvalue weighted by atomic mass is 16.2. The van der Waals surface area contributed by atoms with Gasteiger partial charge in [-0.2, -0.15) is 5.10 Å². The van der Waals surface area contributed by atoms with Gasteiger partial charge in [-0.3, -0.25) is 14.7 Å². The van der Waals surface area contributed by atoms with Crippen LogP contribution in [-0.2, 0) is 4.79 Å². The first-order valence-corrected chi connectivity index (χ1v) is 11.8. The first-order chi connectivity index (χ1) is 15.9. The Morgan fingerprint density at radius 2 is 1.88 bits per heavy atom. The first-order valence-electron chi connectivity index (χ1n) is 11.8. The lowest BCUT2D eigenvalue weighted by Crippen LogP contribution is -2.33. The summed E-state index contributed by atoms with van der Waals surface area (Å²) < 4.78 is 1.88. The lowest BCUT2D eigenvalue weighted by Gasteiger charge is -2.31. The Bertz CT molecular complexity index is 1220. The normalized spacial score (nSPS) is 22.4. The molecule has 1 fully saturated rings. The molecule has 0 bridgehead atoms. The highest BCUT2D eigenvalue weighted by Gasteiger charge is 2.25. The second-order valence-electron chi connectivity index (χ2n) is 9.43. The monoisotopic (exact) mass is 444 g/mol. The fourth-order valence-electron chi connectivity index (χ4n) is 4.88. The maximum atomic E-state index is 13.5. The van der Waals surface area contributed by atoms with E-state index in [1.807, 2.05) is 30.8 Å². The lowest BCUT2D eigenvalue weighted by atomic mass is 9.92. The predicted octanol–water partition coefficient (Wildman–Crippen LogP) is 3.53. The van der Waals surface area contributed by atoms with E-state index in [0.717, 1.165) is 78.6 Å². The Morgan fingerprint density at radius 1 is 1.06 bits per heavy atom. The van der Waals surface area contributed by atoms with Crippen LogP contribution in [0.25, 0.3) is 11.1 Å². The maximum absolute atomic E-state index is 13.5. The van der Waals surface area contributed by atoms with Crippen molar-refractivity contribution < 1.29 is 4.79 Å². The molecule has 172 valence electrons. The molecular weight excluding hydrogens is 412 g/mol. The summed E-state index contributed by atoms with van der Waals surface area (Å²) in [5.41, 5.74) is 6.71. The third-order valence-electron chi connectivity index (χ3n) is 6.83. The van der Waals surface area contributed by atoms with Gasteiger partial charge in [-0.15, -0.1) is 0 Å². The van der Waals surface area contributed by atoms with Crippen molar-refractivity contribution in [3.8, 4) is 0 Å². The number of carbonyl (C=O) groups excluding carboxylic acids is 1. The fourth-order valence-corrected chi connectivity index (χ4v) is 4.88. The van der Waals surface area contributed by atoms with Gasteiger partial charge in [0.1, 0.15) is 0 Å². The molecule has 1 atom stereocenters. The summed E-state index contributed by atoms with van der Waals surface area (Å²) >= 11 is 0. The lowest BCUT2D eigenvalue weighted by molar-refractivity contribution is -0.122. The van der Waals surface area contributed by atoms with E-state index in [9.17, 15) is 4.79 Å². The van der Waals surface area contributed by atoms with Crippen LogP contribution in [0.15, 0.2) is 54.2 Å². The highest BCUT2D eigenvalue weighted by molar-refractivity contribution is 5.98. The molecule has 2 aromatic heterocycles. The van der Waals surface area contributed by atoms with Gasteiger partial charge in [0.05, 0.1) is 34.5 Å². The molecular formula is C26H32N6O. The van der Waals surface area contributed by atoms with Crippen LogP contribution in [0.4, 0.5) is 0 Å². The van der Waals surface area contributed by atoms with Crippen molar-refractivity contribution in [2.75, 3.05) is 33.2 Å². The van der Waals surface area contributed by atoms with Gasteiger partial charge in [0.15, 0.2) is 0 Å². The van der Waals surface area contributed by atoms with Crippen molar-refractivity contribution >= 4 is 17.0 Å². The molecule has 5 rings (SSSR count). The van der Waals surface area contributed by atoms with E-state index in [1.165, 1.54) is 0 Å². The van der Waals surface area contributed by atoms with Crippen LogP contribution in [0.5, 0.6) is 0 Å². The van der Waals surface area contributed by atoms with Crippen LogP contribution >= 0.6 is 0 Å². The molecule has 0 aromatic carbocycles. The van der Waals surface area contributed by atoms with Gasteiger partial charge in [0.25, 0.3) is 5.91 Å². The summed E-state index contributed by atoms with van der Waals surface area (Å²) in [5, 5.41) is 4.80. The van der Waals surface area contributed by atoms with E-state index >= 15 is 0 Å². The number of allylic oxidation sites excluding steroid dienone is 4. The minimum absolute atomic E-state index is 0.0281. The van der Waals surface area contributed by atoms with E-state index in [-0.39, 0.29) is 11.8 Å². The SMILES string of the molecule is Cc1cn2nc(C3=CC(=O)N4C=C(N5CCCN(C)CC5)C=CC4=CCC3C)cc2c(C)n1. The molecule has 0 radical (unpaired) electrons. The Labute approximate surface area is 195 Å². The van der Waals surface area contributed by atoms with Crippen LogP contribution in [0.2, 0.25) is 0 Å². The van der Waals surface area contributed by atoms with Crippen LogP contribution in [0, 0.1) is 19.8 Å². The molecule has 7 heteroatoms. The molecule has 0 aliphatic carbocycles. The van der Waals surface area contributed by atoms with Crippen molar-refractivity contribution in [3.63, 3.8) is 0 Å². The van der Waals surface area contributed by atoms with Crippen molar-refractivity contribution in [2.24, 2.45) is 5.92 Å². The van der Waals surface area contributed by atoms with E-state index < -0.39 is 0 Å². The molecule has 5 heterocycles. The molecule has 2 aromatic rings. The van der Waals surface area contributed by atoms with Gasteiger partial charge < -0.3 is 9.80 Å². The van der Waals surface area contributed by atoms with E-state index in [4.69, 9.17) is 5.10 Å². The largest absolute Gasteiger partial charge is 0.369 e. The Kier molecular flexibility index (Phi) is 5.66.